The van der Waals surface area contributed by atoms with Crippen molar-refractivity contribution in [2.45, 2.75) is 25.7 Å². The summed E-state index contributed by atoms with van der Waals surface area (Å²) in [5.74, 6) is 1.03. The molecule has 2 rings (SSSR count). The number of halogens is 2. The quantitative estimate of drug-likeness (QED) is 0.616. The summed E-state index contributed by atoms with van der Waals surface area (Å²) in [6.45, 7) is 2.20. The van der Waals surface area contributed by atoms with Crippen molar-refractivity contribution in [2.75, 3.05) is 5.88 Å². The van der Waals surface area contributed by atoms with E-state index < -0.39 is 0 Å². The summed E-state index contributed by atoms with van der Waals surface area (Å²) >= 11 is 11.7. The predicted molar refractivity (Wildman–Crippen MR) is 85.0 cm³/mol. The van der Waals surface area contributed by atoms with Gasteiger partial charge in [0.2, 0.25) is 0 Å². The number of rotatable bonds is 5. The molecule has 3 heteroatoms. The van der Waals surface area contributed by atoms with Crippen molar-refractivity contribution in [3.63, 3.8) is 0 Å². The Bertz CT molecular complexity index is 507. The fourth-order valence-electron chi connectivity index (χ4n) is 2.02. The highest BCUT2D eigenvalue weighted by Crippen LogP contribution is 2.31. The van der Waals surface area contributed by atoms with Crippen LogP contribution in [-0.4, -0.2) is 5.88 Å². The second kappa shape index (κ2) is 6.74. The van der Waals surface area contributed by atoms with E-state index >= 15 is 0 Å². The number of hydrogen-bond acceptors (Lipinski definition) is 1. The Balaban J connectivity index is 2.17. The van der Waals surface area contributed by atoms with Crippen LogP contribution in [0.15, 0.2) is 40.9 Å². The summed E-state index contributed by atoms with van der Waals surface area (Å²) in [7, 11) is 0. The van der Waals surface area contributed by atoms with Crippen LogP contribution < -0.4 is 0 Å². The summed E-state index contributed by atoms with van der Waals surface area (Å²) in [5, 5.41) is 0. The van der Waals surface area contributed by atoms with E-state index in [1.165, 1.54) is 15.3 Å². The molecule has 0 nitrogen and oxygen atoms in total. The molecular formula is C15H16BrClS. The maximum Gasteiger partial charge on any atom is 0.0296 e. The van der Waals surface area contributed by atoms with Gasteiger partial charge < -0.3 is 0 Å². The third-order valence-electron chi connectivity index (χ3n) is 3.04. The van der Waals surface area contributed by atoms with Gasteiger partial charge in [0.1, 0.15) is 0 Å². The zero-order valence-corrected chi connectivity index (χ0v) is 13.5. The summed E-state index contributed by atoms with van der Waals surface area (Å²) in [4.78, 5) is 2.87. The lowest BCUT2D eigenvalue weighted by atomic mass is 9.97. The Morgan fingerprint density at radius 3 is 2.50 bits per heavy atom. The van der Waals surface area contributed by atoms with E-state index in [0.717, 1.165) is 17.3 Å². The molecule has 0 aliphatic rings. The van der Waals surface area contributed by atoms with Gasteiger partial charge in [0.25, 0.3) is 0 Å². The minimum absolute atomic E-state index is 0.380. The molecule has 1 aromatic carbocycles. The molecule has 18 heavy (non-hydrogen) atoms. The summed E-state index contributed by atoms with van der Waals surface area (Å²) in [6.07, 6.45) is 2.14. The lowest BCUT2D eigenvalue weighted by Crippen LogP contribution is -2.04. The molecule has 0 saturated carbocycles. The van der Waals surface area contributed by atoms with Crippen LogP contribution in [0.4, 0.5) is 0 Å². The fraction of sp³-hybridized carbons (Fsp3) is 0.333. The zero-order valence-electron chi connectivity index (χ0n) is 10.3. The third-order valence-corrected chi connectivity index (χ3v) is 5.39. The van der Waals surface area contributed by atoms with E-state index in [9.17, 15) is 0 Å². The van der Waals surface area contributed by atoms with Gasteiger partial charge in [-0.15, -0.1) is 22.9 Å². The van der Waals surface area contributed by atoms with Gasteiger partial charge in [-0.25, -0.2) is 0 Å². The molecule has 0 amide bonds. The predicted octanol–water partition coefficient (Wildman–Crippen LogP) is 5.64. The van der Waals surface area contributed by atoms with Gasteiger partial charge in [-0.1, -0.05) is 41.1 Å². The molecule has 0 saturated heterocycles. The molecule has 0 aliphatic heterocycles. The highest BCUT2D eigenvalue weighted by molar-refractivity contribution is 9.10. The Hall–Kier alpha value is -0.310. The van der Waals surface area contributed by atoms with Crippen molar-refractivity contribution in [3.8, 4) is 0 Å². The van der Waals surface area contributed by atoms with Crippen LogP contribution in [0.25, 0.3) is 0 Å². The molecule has 0 bridgehead atoms. The maximum absolute atomic E-state index is 6.15. The molecule has 0 N–H and O–H groups in total. The van der Waals surface area contributed by atoms with E-state index in [1.54, 1.807) is 0 Å². The van der Waals surface area contributed by atoms with Crippen molar-refractivity contribution in [2.24, 2.45) is 0 Å². The highest BCUT2D eigenvalue weighted by atomic mass is 79.9. The average molecular weight is 344 g/mol. The lowest BCUT2D eigenvalue weighted by Gasteiger charge is -2.15. The first-order valence-electron chi connectivity index (χ1n) is 6.12. The molecule has 0 aliphatic carbocycles. The molecule has 96 valence electrons. The van der Waals surface area contributed by atoms with Crippen LogP contribution in [0.2, 0.25) is 0 Å². The Labute approximate surface area is 126 Å². The number of benzene rings is 1. The van der Waals surface area contributed by atoms with E-state index in [-0.39, 0.29) is 0 Å². The smallest absolute Gasteiger partial charge is 0.0296 e. The molecule has 0 spiro atoms. The largest absolute Gasteiger partial charge is 0.145 e. The number of thiophene rings is 1. The molecule has 0 fully saturated rings. The number of hydrogen-bond donors (Lipinski definition) is 0. The van der Waals surface area contributed by atoms with Crippen LogP contribution in [0.5, 0.6) is 0 Å². The van der Waals surface area contributed by atoms with Gasteiger partial charge in [-0.3, -0.25) is 0 Å². The second-order valence-corrected chi connectivity index (χ2v) is 6.71. The second-order valence-electron chi connectivity index (χ2n) is 4.30. The van der Waals surface area contributed by atoms with Crippen molar-refractivity contribution in [1.29, 1.82) is 0 Å². The SMILES string of the molecule is CCc1ccc(CC(CCl)c2ccccc2Br)s1. The molecule has 2 aromatic rings. The van der Waals surface area contributed by atoms with Gasteiger partial charge in [-0.2, -0.15) is 0 Å². The van der Waals surface area contributed by atoms with Crippen LogP contribution in [0.1, 0.15) is 28.2 Å². The van der Waals surface area contributed by atoms with Crippen molar-refractivity contribution < 1.29 is 0 Å². The minimum Gasteiger partial charge on any atom is -0.145 e. The molecule has 0 radical (unpaired) electrons. The Kier molecular flexibility index (Phi) is 5.28. The summed E-state index contributed by atoms with van der Waals surface area (Å²) in [5.41, 5.74) is 1.30. The normalized spacial score (nSPS) is 12.6. The van der Waals surface area contributed by atoms with E-state index in [0.29, 0.717) is 11.8 Å². The molecular weight excluding hydrogens is 328 g/mol. The monoisotopic (exact) mass is 342 g/mol. The lowest BCUT2D eigenvalue weighted by molar-refractivity contribution is 0.772. The first kappa shape index (κ1) is 14.1. The Morgan fingerprint density at radius 2 is 1.89 bits per heavy atom. The van der Waals surface area contributed by atoms with Gasteiger partial charge in [0.05, 0.1) is 0 Å². The first-order valence-corrected chi connectivity index (χ1v) is 8.27. The zero-order chi connectivity index (χ0) is 13.0. The van der Waals surface area contributed by atoms with Gasteiger partial charge in [-0.05, 0) is 36.6 Å². The molecule has 1 unspecified atom stereocenters. The summed E-state index contributed by atoms with van der Waals surface area (Å²) in [6, 6.07) is 12.8. The van der Waals surface area contributed by atoms with Crippen LogP contribution in [0.3, 0.4) is 0 Å². The molecule has 1 atom stereocenters. The van der Waals surface area contributed by atoms with Crippen molar-refractivity contribution >= 4 is 38.9 Å². The van der Waals surface area contributed by atoms with E-state index in [2.05, 4.69) is 53.2 Å². The van der Waals surface area contributed by atoms with Crippen LogP contribution >= 0.6 is 38.9 Å². The molecule has 1 aromatic heterocycles. The molecule has 1 heterocycles. The Morgan fingerprint density at radius 1 is 1.17 bits per heavy atom. The minimum atomic E-state index is 0.380. The highest BCUT2D eigenvalue weighted by Gasteiger charge is 2.15. The van der Waals surface area contributed by atoms with Gasteiger partial charge in [0.15, 0.2) is 0 Å². The van der Waals surface area contributed by atoms with E-state index in [1.807, 2.05) is 17.4 Å². The van der Waals surface area contributed by atoms with Crippen molar-refractivity contribution in [3.05, 3.63) is 56.2 Å². The van der Waals surface area contributed by atoms with Crippen LogP contribution in [-0.2, 0) is 12.8 Å². The standard InChI is InChI=1S/C15H16BrClS/c1-2-12-7-8-13(18-12)9-11(10-17)14-5-3-4-6-15(14)16/h3-8,11H,2,9-10H2,1H3. The van der Waals surface area contributed by atoms with E-state index in [4.69, 9.17) is 11.6 Å². The first-order chi connectivity index (χ1) is 8.74. The summed E-state index contributed by atoms with van der Waals surface area (Å²) < 4.78 is 1.16. The van der Waals surface area contributed by atoms with Gasteiger partial charge >= 0.3 is 0 Å². The third kappa shape index (κ3) is 3.37. The van der Waals surface area contributed by atoms with Gasteiger partial charge in [0, 0.05) is 26.0 Å². The fourth-order valence-corrected chi connectivity index (χ4v) is 3.94. The topological polar surface area (TPSA) is 0 Å². The number of aryl methyl sites for hydroxylation is 1. The maximum atomic E-state index is 6.15. The average Bonchev–Trinajstić information content (AvgIpc) is 2.85. The van der Waals surface area contributed by atoms with Crippen LogP contribution in [0, 0.1) is 0 Å². The van der Waals surface area contributed by atoms with Crippen molar-refractivity contribution in [1.82, 2.24) is 0 Å². The number of alkyl halides is 1.